The van der Waals surface area contributed by atoms with Gasteiger partial charge in [-0.2, -0.15) is 5.26 Å². The highest BCUT2D eigenvalue weighted by atomic mass is 32.1. The second kappa shape index (κ2) is 9.27. The van der Waals surface area contributed by atoms with Crippen LogP contribution in [0.3, 0.4) is 0 Å². The fraction of sp³-hybridized carbons (Fsp3) is 0.429. The van der Waals surface area contributed by atoms with Crippen molar-refractivity contribution in [2.45, 2.75) is 45.1 Å². The number of nitrogen functional groups attached to an aromatic ring is 1. The number of halogens is 2. The summed E-state index contributed by atoms with van der Waals surface area (Å²) in [7, 11) is 0. The van der Waals surface area contributed by atoms with Gasteiger partial charge in [-0.3, -0.25) is 9.88 Å². The maximum atomic E-state index is 16.6. The van der Waals surface area contributed by atoms with Gasteiger partial charge in [-0.15, -0.1) is 11.3 Å². The molecule has 0 aliphatic carbocycles. The minimum Gasteiger partial charge on any atom is -0.389 e. The lowest BCUT2D eigenvalue weighted by molar-refractivity contribution is 0.117. The number of nitriles is 1. The van der Waals surface area contributed by atoms with Crippen LogP contribution in [0, 0.1) is 23.0 Å². The summed E-state index contributed by atoms with van der Waals surface area (Å²) in [6.07, 6.45) is 3.71. The third kappa shape index (κ3) is 3.91. The van der Waals surface area contributed by atoms with Crippen LogP contribution in [0.15, 0.2) is 12.4 Å². The first-order valence-corrected chi connectivity index (χ1v) is 14.2. The largest absolute Gasteiger partial charge is 0.389 e. The molecular formula is C28H28F2N8OS. The summed E-state index contributed by atoms with van der Waals surface area (Å²) in [6.45, 7) is 9.32. The Bertz CT molecular complexity index is 1730. The molecule has 6 heterocycles. The van der Waals surface area contributed by atoms with Crippen molar-refractivity contribution in [1.82, 2.24) is 25.2 Å². The number of rotatable bonds is 3. The summed E-state index contributed by atoms with van der Waals surface area (Å²) < 4.78 is 37.2. The van der Waals surface area contributed by atoms with E-state index >= 15 is 4.39 Å². The van der Waals surface area contributed by atoms with Gasteiger partial charge in [0.2, 0.25) is 5.95 Å². The molecule has 2 fully saturated rings. The molecule has 3 aliphatic heterocycles. The first-order chi connectivity index (χ1) is 19.3. The van der Waals surface area contributed by atoms with Crippen LogP contribution in [0.1, 0.15) is 37.0 Å². The van der Waals surface area contributed by atoms with Crippen LogP contribution >= 0.6 is 11.3 Å². The first kappa shape index (κ1) is 25.5. The molecule has 40 heavy (non-hydrogen) atoms. The van der Waals surface area contributed by atoms with Gasteiger partial charge in [0.25, 0.3) is 0 Å². The fourth-order valence-corrected chi connectivity index (χ4v) is 7.33. The van der Waals surface area contributed by atoms with E-state index in [4.69, 9.17) is 15.5 Å². The number of thiophene rings is 1. The van der Waals surface area contributed by atoms with Crippen LogP contribution in [-0.2, 0) is 18.0 Å². The molecule has 4 aromatic rings. The Morgan fingerprint density at radius 3 is 2.83 bits per heavy atom. The Morgan fingerprint density at radius 2 is 2.02 bits per heavy atom. The molecule has 2 saturated heterocycles. The van der Waals surface area contributed by atoms with E-state index in [-0.39, 0.29) is 56.2 Å². The average molecular weight is 563 g/mol. The SMILES string of the molecule is CC1(C)CN(C2CCN(c3ncc4c5c(c(-c6ncc(F)c7sc(N)c(C#N)c67)c(F)c4n3)COC5)C2)CCN1. The van der Waals surface area contributed by atoms with Crippen LogP contribution in [-0.4, -0.2) is 64.2 Å². The highest BCUT2D eigenvalue weighted by Crippen LogP contribution is 2.45. The molecule has 7 rings (SSSR count). The number of anilines is 2. The molecule has 0 radical (unpaired) electrons. The van der Waals surface area contributed by atoms with E-state index in [9.17, 15) is 9.65 Å². The lowest BCUT2D eigenvalue weighted by Gasteiger charge is -2.42. The van der Waals surface area contributed by atoms with E-state index in [2.05, 4.69) is 38.9 Å². The summed E-state index contributed by atoms with van der Waals surface area (Å²) in [5.41, 5.74) is 8.09. The molecule has 3 N–H and O–H groups in total. The lowest BCUT2D eigenvalue weighted by atomic mass is 9.94. The Labute approximate surface area is 233 Å². The molecular weight excluding hydrogens is 534 g/mol. The smallest absolute Gasteiger partial charge is 0.226 e. The summed E-state index contributed by atoms with van der Waals surface area (Å²) in [6, 6.07) is 2.42. The van der Waals surface area contributed by atoms with E-state index in [1.807, 2.05) is 6.07 Å². The van der Waals surface area contributed by atoms with Crippen LogP contribution < -0.4 is 16.0 Å². The van der Waals surface area contributed by atoms with Gasteiger partial charge in [0.1, 0.15) is 16.6 Å². The number of benzene rings is 1. The van der Waals surface area contributed by atoms with Gasteiger partial charge < -0.3 is 20.7 Å². The number of aromatic nitrogens is 3. The molecule has 0 saturated carbocycles. The number of nitrogens with zero attached hydrogens (tertiary/aromatic N) is 6. The number of nitrogens with one attached hydrogen (secondary N) is 1. The van der Waals surface area contributed by atoms with Gasteiger partial charge >= 0.3 is 0 Å². The highest BCUT2D eigenvalue weighted by molar-refractivity contribution is 7.23. The van der Waals surface area contributed by atoms with Crippen molar-refractivity contribution in [3.05, 3.63) is 40.7 Å². The van der Waals surface area contributed by atoms with Crippen molar-refractivity contribution in [2.75, 3.05) is 43.4 Å². The van der Waals surface area contributed by atoms with Crippen molar-refractivity contribution in [3.8, 4) is 17.3 Å². The number of fused-ring (bicyclic) bond motifs is 4. The zero-order valence-corrected chi connectivity index (χ0v) is 23.0. The van der Waals surface area contributed by atoms with E-state index < -0.39 is 11.6 Å². The van der Waals surface area contributed by atoms with Crippen LogP contribution in [0.4, 0.5) is 19.7 Å². The summed E-state index contributed by atoms with van der Waals surface area (Å²) >= 11 is 0.959. The van der Waals surface area contributed by atoms with Crippen LogP contribution in [0.25, 0.3) is 32.2 Å². The number of piperazine rings is 1. The van der Waals surface area contributed by atoms with E-state index in [1.54, 1.807) is 6.20 Å². The molecule has 0 amide bonds. The zero-order chi connectivity index (χ0) is 27.8. The Kier molecular flexibility index (Phi) is 5.90. The average Bonchev–Trinajstić information content (AvgIpc) is 3.68. The van der Waals surface area contributed by atoms with Crippen molar-refractivity contribution in [2.24, 2.45) is 0 Å². The first-order valence-electron chi connectivity index (χ1n) is 13.3. The van der Waals surface area contributed by atoms with Crippen LogP contribution in [0.5, 0.6) is 0 Å². The van der Waals surface area contributed by atoms with Gasteiger partial charge in [0, 0.05) is 66.8 Å². The van der Waals surface area contributed by atoms with Gasteiger partial charge in [-0.1, -0.05) is 0 Å². The zero-order valence-electron chi connectivity index (χ0n) is 22.2. The number of hydrogen-bond acceptors (Lipinski definition) is 10. The molecule has 3 aliphatic rings. The van der Waals surface area contributed by atoms with E-state index in [0.29, 0.717) is 22.9 Å². The number of nitrogens with two attached hydrogens (primary N) is 1. The molecule has 1 aromatic carbocycles. The summed E-state index contributed by atoms with van der Waals surface area (Å²) in [4.78, 5) is 18.3. The minimum absolute atomic E-state index is 0.0609. The molecule has 3 aromatic heterocycles. The Balaban J connectivity index is 1.33. The van der Waals surface area contributed by atoms with Gasteiger partial charge in [-0.05, 0) is 31.4 Å². The molecule has 0 spiro atoms. The third-order valence-electron chi connectivity index (χ3n) is 8.30. The molecule has 9 nitrogen and oxygen atoms in total. The van der Waals surface area contributed by atoms with Crippen molar-refractivity contribution < 1.29 is 13.5 Å². The second-order valence-electron chi connectivity index (χ2n) is 11.4. The normalized spacial score (nSPS) is 20.9. The fourth-order valence-electron chi connectivity index (χ4n) is 6.41. The number of hydrogen-bond donors (Lipinski definition) is 2. The predicted molar refractivity (Wildman–Crippen MR) is 150 cm³/mol. The van der Waals surface area contributed by atoms with Gasteiger partial charge in [0.15, 0.2) is 11.6 Å². The van der Waals surface area contributed by atoms with Gasteiger partial charge in [-0.25, -0.2) is 18.7 Å². The van der Waals surface area contributed by atoms with Gasteiger partial charge in [0.05, 0.1) is 35.4 Å². The number of pyridine rings is 1. The van der Waals surface area contributed by atoms with E-state index in [1.165, 1.54) is 0 Å². The number of ether oxygens (including phenoxy) is 1. The second-order valence-corrected chi connectivity index (χ2v) is 12.4. The highest BCUT2D eigenvalue weighted by Gasteiger charge is 2.35. The maximum Gasteiger partial charge on any atom is 0.226 e. The van der Waals surface area contributed by atoms with E-state index in [0.717, 1.165) is 62.2 Å². The van der Waals surface area contributed by atoms with Crippen molar-refractivity contribution in [3.63, 3.8) is 0 Å². The van der Waals surface area contributed by atoms with Crippen LogP contribution in [0.2, 0.25) is 0 Å². The summed E-state index contributed by atoms with van der Waals surface area (Å²) in [5, 5.41) is 14.3. The standard InChI is InChI=1S/C28H28F2N8OS/c1-28(2)13-38(6-4-35-28)14-3-5-37(10-14)27-34-8-16-17-11-39-12-18(17)20(22(30)23(16)36-27)24-21-15(7-31)26(32)40-25(21)19(29)9-33-24/h8-9,14,35H,3-6,10-13,32H2,1-2H3. The third-order valence-corrected chi connectivity index (χ3v) is 9.32. The Morgan fingerprint density at radius 1 is 1.20 bits per heavy atom. The maximum absolute atomic E-state index is 16.6. The monoisotopic (exact) mass is 562 g/mol. The summed E-state index contributed by atoms with van der Waals surface area (Å²) in [5.74, 6) is -0.716. The topological polar surface area (TPSA) is 116 Å². The van der Waals surface area contributed by atoms with Crippen molar-refractivity contribution in [1.29, 1.82) is 5.26 Å². The lowest BCUT2D eigenvalue weighted by Crippen LogP contribution is -2.59. The molecule has 1 unspecified atom stereocenters. The molecule has 12 heteroatoms. The molecule has 1 atom stereocenters. The molecule has 206 valence electrons. The molecule has 0 bridgehead atoms. The Hall–Kier alpha value is -3.50. The quantitative estimate of drug-likeness (QED) is 0.383. The minimum atomic E-state index is -0.605. The predicted octanol–water partition coefficient (Wildman–Crippen LogP) is 3.93. The van der Waals surface area contributed by atoms with Crippen molar-refractivity contribution >= 4 is 43.3 Å².